The molecule has 0 bridgehead atoms. The first-order chi connectivity index (χ1) is 13.0. The highest BCUT2D eigenvalue weighted by atomic mass is 32.1. The molecule has 2 rings (SSSR count). The Morgan fingerprint density at radius 3 is 2.85 bits per heavy atom. The van der Waals surface area contributed by atoms with E-state index >= 15 is 0 Å². The van der Waals surface area contributed by atoms with Crippen molar-refractivity contribution in [2.75, 3.05) is 13.7 Å². The summed E-state index contributed by atoms with van der Waals surface area (Å²) in [5.74, 6) is 1.89. The average molecular weight is 383 g/mol. The summed E-state index contributed by atoms with van der Waals surface area (Å²) < 4.78 is 7.03. The van der Waals surface area contributed by atoms with Crippen molar-refractivity contribution in [3.63, 3.8) is 0 Å². The quantitative estimate of drug-likeness (QED) is 0.702. The predicted molar refractivity (Wildman–Crippen MR) is 103 cm³/mol. The average Bonchev–Trinajstić information content (AvgIpc) is 2.97. The van der Waals surface area contributed by atoms with Gasteiger partial charge in [0.05, 0.1) is 18.2 Å². The van der Waals surface area contributed by atoms with Gasteiger partial charge in [0.1, 0.15) is 10.7 Å². The molecule has 0 spiro atoms. The van der Waals surface area contributed by atoms with Crippen LogP contribution in [0.15, 0.2) is 23.0 Å². The van der Waals surface area contributed by atoms with Crippen LogP contribution in [0.2, 0.25) is 0 Å². The number of aromatic hydroxyl groups is 1. The first-order valence-corrected chi connectivity index (χ1v) is 8.72. The van der Waals surface area contributed by atoms with Gasteiger partial charge in [0.25, 0.3) is 11.5 Å². The highest BCUT2D eigenvalue weighted by Crippen LogP contribution is 2.26. The lowest BCUT2D eigenvalue weighted by Gasteiger charge is -2.03. The van der Waals surface area contributed by atoms with E-state index in [2.05, 4.69) is 11.2 Å². The topological polar surface area (TPSA) is 104 Å². The third-order valence-corrected chi connectivity index (χ3v) is 4.76. The summed E-state index contributed by atoms with van der Waals surface area (Å²) in [5, 5.41) is 21.5. The number of benzene rings is 1. The van der Waals surface area contributed by atoms with E-state index < -0.39 is 5.91 Å². The monoisotopic (exact) mass is 383 g/mol. The number of carbonyl (C=O) groups is 1. The molecule has 2 N–H and O–H groups in total. The van der Waals surface area contributed by atoms with E-state index in [9.17, 15) is 20.0 Å². The maximum atomic E-state index is 12.7. The minimum absolute atomic E-state index is 0.0158. The van der Waals surface area contributed by atoms with Crippen LogP contribution in [0, 0.1) is 23.7 Å². The Labute approximate surface area is 159 Å². The molecule has 0 aliphatic carbocycles. The molecule has 1 heterocycles. The van der Waals surface area contributed by atoms with Crippen molar-refractivity contribution in [2.24, 2.45) is 0 Å². The van der Waals surface area contributed by atoms with Crippen molar-refractivity contribution < 1.29 is 14.6 Å². The number of carbonyl (C=O) groups excluding carboxylic acids is 1. The zero-order valence-corrected chi connectivity index (χ0v) is 15.6. The molecule has 0 aliphatic rings. The molecule has 8 heteroatoms. The van der Waals surface area contributed by atoms with Crippen molar-refractivity contribution in [2.45, 2.75) is 13.5 Å². The standard InChI is InChI=1S/C19H17N3O4S/c1-4-8-21-17(24)13(11-20)19-22(5-2)18(25)16(27-19)10-12-6-7-14(23)15(9-12)26-3/h1,6-7,9-10,23H,5,8H2,2-3H3,(H,21,24)/b16-10?,19-13-. The number of nitrogens with one attached hydrogen (secondary N) is 1. The second-order valence-electron chi connectivity index (χ2n) is 5.27. The molecule has 2 aromatic rings. The molecule has 0 saturated carbocycles. The van der Waals surface area contributed by atoms with Gasteiger partial charge < -0.3 is 15.2 Å². The van der Waals surface area contributed by atoms with E-state index in [4.69, 9.17) is 11.2 Å². The van der Waals surface area contributed by atoms with E-state index in [-0.39, 0.29) is 33.8 Å². The summed E-state index contributed by atoms with van der Waals surface area (Å²) in [6, 6.07) is 6.52. The predicted octanol–water partition coefficient (Wildman–Crippen LogP) is -0.104. The van der Waals surface area contributed by atoms with Gasteiger partial charge in [-0.15, -0.1) is 17.8 Å². The Hall–Kier alpha value is -3.49. The number of phenolic OH excluding ortho intramolecular Hbond substituents is 1. The van der Waals surface area contributed by atoms with Crippen LogP contribution in [0.4, 0.5) is 0 Å². The number of nitrogens with zero attached hydrogens (tertiary/aromatic N) is 2. The van der Waals surface area contributed by atoms with Gasteiger partial charge in [-0.05, 0) is 30.7 Å². The number of rotatable bonds is 5. The summed E-state index contributed by atoms with van der Waals surface area (Å²) in [4.78, 5) is 24.9. The number of nitriles is 1. The Bertz CT molecular complexity index is 1130. The van der Waals surface area contributed by atoms with Crippen molar-refractivity contribution in [1.29, 1.82) is 5.26 Å². The van der Waals surface area contributed by atoms with Gasteiger partial charge in [-0.1, -0.05) is 12.0 Å². The van der Waals surface area contributed by atoms with Crippen LogP contribution in [0.25, 0.3) is 11.6 Å². The fourth-order valence-electron chi connectivity index (χ4n) is 2.34. The maximum absolute atomic E-state index is 12.7. The van der Waals surface area contributed by atoms with Gasteiger partial charge in [-0.2, -0.15) is 5.26 Å². The molecule has 27 heavy (non-hydrogen) atoms. The third-order valence-electron chi connectivity index (χ3n) is 3.63. The number of terminal acetylenes is 1. The van der Waals surface area contributed by atoms with Crippen molar-refractivity contribution >= 4 is 28.9 Å². The van der Waals surface area contributed by atoms with E-state index in [0.717, 1.165) is 11.3 Å². The van der Waals surface area contributed by atoms with Crippen LogP contribution in [-0.2, 0) is 11.3 Å². The molecule has 0 atom stereocenters. The first kappa shape index (κ1) is 19.8. The Kier molecular flexibility index (Phi) is 6.42. The van der Waals surface area contributed by atoms with Crippen LogP contribution in [-0.4, -0.2) is 29.2 Å². The van der Waals surface area contributed by atoms with Gasteiger partial charge in [0.15, 0.2) is 17.1 Å². The molecule has 7 nitrogen and oxygen atoms in total. The smallest absolute Gasteiger partial charge is 0.269 e. The van der Waals surface area contributed by atoms with Crippen molar-refractivity contribution in [3.8, 4) is 29.9 Å². The molecule has 0 unspecified atom stereocenters. The summed E-state index contributed by atoms with van der Waals surface area (Å²) >= 11 is 1.04. The Morgan fingerprint density at radius 1 is 1.52 bits per heavy atom. The van der Waals surface area contributed by atoms with Crippen LogP contribution in [0.3, 0.4) is 0 Å². The molecule has 0 aliphatic heterocycles. The largest absolute Gasteiger partial charge is 0.504 e. The minimum Gasteiger partial charge on any atom is -0.504 e. The van der Waals surface area contributed by atoms with Crippen LogP contribution >= 0.6 is 11.3 Å². The molecule has 1 aromatic heterocycles. The fraction of sp³-hybridized carbons (Fsp3) is 0.211. The summed E-state index contributed by atoms with van der Waals surface area (Å²) in [6.07, 6.45) is 6.73. The summed E-state index contributed by atoms with van der Waals surface area (Å²) in [6.45, 7) is 2.03. The molecule has 1 amide bonds. The number of aromatic nitrogens is 1. The summed E-state index contributed by atoms with van der Waals surface area (Å²) in [5.41, 5.74) is 0.146. The van der Waals surface area contributed by atoms with Gasteiger partial charge >= 0.3 is 0 Å². The lowest BCUT2D eigenvalue weighted by Crippen LogP contribution is -2.34. The number of hydrogen-bond acceptors (Lipinski definition) is 6. The number of phenols is 1. The number of ether oxygens (including phenoxy) is 1. The minimum atomic E-state index is -0.628. The molecule has 1 aromatic carbocycles. The third kappa shape index (κ3) is 4.20. The number of thiazole rings is 1. The van der Waals surface area contributed by atoms with E-state index in [1.54, 1.807) is 25.1 Å². The first-order valence-electron chi connectivity index (χ1n) is 7.91. The lowest BCUT2D eigenvalue weighted by molar-refractivity contribution is -0.115. The van der Waals surface area contributed by atoms with Crippen molar-refractivity contribution in [3.05, 3.63) is 43.3 Å². The lowest BCUT2D eigenvalue weighted by atomic mass is 10.2. The van der Waals surface area contributed by atoms with E-state index in [0.29, 0.717) is 16.6 Å². The molecule has 0 radical (unpaired) electrons. The molecule has 0 fully saturated rings. The molecule has 0 saturated heterocycles. The number of hydrogen-bond donors (Lipinski definition) is 2. The van der Waals surface area contributed by atoms with E-state index in [1.807, 2.05) is 6.07 Å². The van der Waals surface area contributed by atoms with Gasteiger partial charge in [0.2, 0.25) is 0 Å². The molecular weight excluding hydrogens is 366 g/mol. The summed E-state index contributed by atoms with van der Waals surface area (Å²) in [7, 11) is 1.43. The highest BCUT2D eigenvalue weighted by molar-refractivity contribution is 7.07. The number of methoxy groups -OCH3 is 1. The molecule has 138 valence electrons. The SMILES string of the molecule is C#CCNC(=O)/C(C#N)=c1\sc(=Cc2ccc(O)c(OC)c2)c(=O)n1CC. The second kappa shape index (κ2) is 8.75. The van der Waals surface area contributed by atoms with E-state index in [1.165, 1.54) is 17.7 Å². The zero-order valence-electron chi connectivity index (χ0n) is 14.8. The van der Waals surface area contributed by atoms with Crippen LogP contribution in [0.5, 0.6) is 11.5 Å². The van der Waals surface area contributed by atoms with Gasteiger partial charge in [-0.25, -0.2) is 0 Å². The van der Waals surface area contributed by atoms with Gasteiger partial charge in [-0.3, -0.25) is 14.2 Å². The van der Waals surface area contributed by atoms with Crippen LogP contribution < -0.4 is 24.8 Å². The highest BCUT2D eigenvalue weighted by Gasteiger charge is 2.14. The normalized spacial score (nSPS) is 12.1. The second-order valence-corrected chi connectivity index (χ2v) is 6.30. The van der Waals surface area contributed by atoms with Gasteiger partial charge in [0, 0.05) is 6.54 Å². The fourth-order valence-corrected chi connectivity index (χ4v) is 3.51. The van der Waals surface area contributed by atoms with Crippen molar-refractivity contribution in [1.82, 2.24) is 9.88 Å². The Balaban J connectivity index is 2.71. The maximum Gasteiger partial charge on any atom is 0.269 e. The Morgan fingerprint density at radius 2 is 2.26 bits per heavy atom. The van der Waals surface area contributed by atoms with Crippen LogP contribution in [0.1, 0.15) is 12.5 Å². The zero-order chi connectivity index (χ0) is 20.0. The number of amides is 1. The molecular formula is C19H17N3O4S.